The Labute approximate surface area is 142 Å². The van der Waals surface area contributed by atoms with Crippen molar-refractivity contribution >= 4 is 5.91 Å². The molecule has 5 nitrogen and oxygen atoms in total. The van der Waals surface area contributed by atoms with Crippen LogP contribution in [0.1, 0.15) is 35.3 Å². The van der Waals surface area contributed by atoms with Gasteiger partial charge in [0.2, 0.25) is 5.91 Å². The molecule has 2 fully saturated rings. The molecule has 24 heavy (non-hydrogen) atoms. The van der Waals surface area contributed by atoms with Gasteiger partial charge in [0, 0.05) is 45.0 Å². The van der Waals surface area contributed by atoms with E-state index < -0.39 is 0 Å². The van der Waals surface area contributed by atoms with Crippen molar-refractivity contribution in [2.45, 2.75) is 25.3 Å². The lowest BCUT2D eigenvalue weighted by Gasteiger charge is -2.36. The van der Waals surface area contributed by atoms with E-state index in [1.165, 1.54) is 11.1 Å². The number of carbonyl (C=O) groups excluding carboxylic acids is 1. The Morgan fingerprint density at radius 1 is 1.33 bits per heavy atom. The van der Waals surface area contributed by atoms with Gasteiger partial charge in [-0.3, -0.25) is 4.79 Å². The minimum Gasteiger partial charge on any atom is -0.336 e. The summed E-state index contributed by atoms with van der Waals surface area (Å²) < 4.78 is 2.02. The third kappa shape index (κ3) is 2.63. The SMILES string of the molecule is Cc1ccccc1C1CC1C(=O)N1CCNCC1c1nccn1C. The van der Waals surface area contributed by atoms with Crippen LogP contribution in [0.3, 0.4) is 0 Å². The Bertz CT molecular complexity index is 753. The Kier molecular flexibility index (Phi) is 3.88. The number of hydrogen-bond acceptors (Lipinski definition) is 3. The van der Waals surface area contributed by atoms with Gasteiger partial charge in [-0.2, -0.15) is 0 Å². The molecule has 1 saturated heterocycles. The van der Waals surface area contributed by atoms with E-state index >= 15 is 0 Å². The zero-order chi connectivity index (χ0) is 16.7. The molecule has 126 valence electrons. The quantitative estimate of drug-likeness (QED) is 0.939. The summed E-state index contributed by atoms with van der Waals surface area (Å²) in [5.41, 5.74) is 2.62. The number of carbonyl (C=O) groups is 1. The van der Waals surface area contributed by atoms with Gasteiger partial charge in [0.1, 0.15) is 11.9 Å². The van der Waals surface area contributed by atoms with Crippen LogP contribution >= 0.6 is 0 Å². The molecular formula is C19H24N4O. The molecule has 1 aliphatic heterocycles. The average Bonchev–Trinajstić information content (AvgIpc) is 3.28. The van der Waals surface area contributed by atoms with Crippen LogP contribution in [0.25, 0.3) is 0 Å². The summed E-state index contributed by atoms with van der Waals surface area (Å²) in [6, 6.07) is 8.47. The van der Waals surface area contributed by atoms with Crippen molar-refractivity contribution in [3.05, 3.63) is 53.6 Å². The number of imidazole rings is 1. The predicted molar refractivity (Wildman–Crippen MR) is 92.6 cm³/mol. The first-order valence-electron chi connectivity index (χ1n) is 8.70. The van der Waals surface area contributed by atoms with Gasteiger partial charge in [-0.05, 0) is 30.4 Å². The van der Waals surface area contributed by atoms with Gasteiger partial charge in [0.15, 0.2) is 0 Å². The van der Waals surface area contributed by atoms with Gasteiger partial charge in [-0.15, -0.1) is 0 Å². The summed E-state index contributed by atoms with van der Waals surface area (Å²) in [6.07, 6.45) is 4.72. The number of aryl methyl sites for hydroxylation is 2. The molecule has 0 radical (unpaired) electrons. The van der Waals surface area contributed by atoms with Crippen molar-refractivity contribution in [1.82, 2.24) is 19.8 Å². The number of benzene rings is 1. The highest BCUT2D eigenvalue weighted by Gasteiger charge is 2.48. The number of hydrogen-bond donors (Lipinski definition) is 1. The maximum atomic E-state index is 13.1. The highest BCUT2D eigenvalue weighted by molar-refractivity contribution is 5.83. The van der Waals surface area contributed by atoms with E-state index in [9.17, 15) is 4.79 Å². The molecule has 1 aliphatic carbocycles. The smallest absolute Gasteiger partial charge is 0.227 e. The Morgan fingerprint density at radius 3 is 2.92 bits per heavy atom. The van der Waals surface area contributed by atoms with Gasteiger partial charge in [0.05, 0.1) is 0 Å². The fourth-order valence-corrected chi connectivity index (χ4v) is 3.92. The monoisotopic (exact) mass is 324 g/mol. The molecule has 2 aliphatic rings. The summed E-state index contributed by atoms with van der Waals surface area (Å²) >= 11 is 0. The molecule has 5 heteroatoms. The molecule has 1 aromatic heterocycles. The first kappa shape index (κ1) is 15.4. The van der Waals surface area contributed by atoms with E-state index in [0.29, 0.717) is 5.92 Å². The normalized spacial score (nSPS) is 26.4. The summed E-state index contributed by atoms with van der Waals surface area (Å²) in [5.74, 6) is 1.77. The van der Waals surface area contributed by atoms with E-state index in [0.717, 1.165) is 31.9 Å². The molecule has 1 aromatic carbocycles. The number of piperazine rings is 1. The number of rotatable bonds is 3. The largest absolute Gasteiger partial charge is 0.336 e. The lowest BCUT2D eigenvalue weighted by atomic mass is 10.0. The van der Waals surface area contributed by atoms with Gasteiger partial charge in [-0.1, -0.05) is 24.3 Å². The fraction of sp³-hybridized carbons (Fsp3) is 0.474. The maximum absolute atomic E-state index is 13.1. The Morgan fingerprint density at radius 2 is 2.17 bits per heavy atom. The number of aromatic nitrogens is 2. The molecular weight excluding hydrogens is 300 g/mol. The van der Waals surface area contributed by atoms with E-state index in [1.54, 1.807) is 6.20 Å². The summed E-state index contributed by atoms with van der Waals surface area (Å²) in [6.45, 7) is 4.52. The lowest BCUT2D eigenvalue weighted by Crippen LogP contribution is -2.50. The summed E-state index contributed by atoms with van der Waals surface area (Å²) in [5, 5.41) is 3.40. The number of nitrogens with one attached hydrogen (secondary N) is 1. The summed E-state index contributed by atoms with van der Waals surface area (Å²) in [7, 11) is 1.99. The highest BCUT2D eigenvalue weighted by Crippen LogP contribution is 2.50. The van der Waals surface area contributed by atoms with E-state index in [2.05, 4.69) is 41.5 Å². The molecule has 1 N–H and O–H groups in total. The van der Waals surface area contributed by atoms with Crippen LogP contribution in [0.4, 0.5) is 0 Å². The van der Waals surface area contributed by atoms with Crippen LogP contribution in [-0.2, 0) is 11.8 Å². The Balaban J connectivity index is 1.53. The third-order valence-electron chi connectivity index (χ3n) is 5.38. The van der Waals surface area contributed by atoms with Crippen molar-refractivity contribution in [2.24, 2.45) is 13.0 Å². The van der Waals surface area contributed by atoms with Crippen LogP contribution in [0.15, 0.2) is 36.7 Å². The summed E-state index contributed by atoms with van der Waals surface area (Å²) in [4.78, 5) is 19.6. The number of nitrogens with zero attached hydrogens (tertiary/aromatic N) is 3. The molecule has 3 unspecified atom stereocenters. The van der Waals surface area contributed by atoms with E-state index in [-0.39, 0.29) is 17.9 Å². The molecule has 4 rings (SSSR count). The van der Waals surface area contributed by atoms with Crippen molar-refractivity contribution in [2.75, 3.05) is 19.6 Å². The second-order valence-corrected chi connectivity index (χ2v) is 6.95. The van der Waals surface area contributed by atoms with Gasteiger partial charge < -0.3 is 14.8 Å². The molecule has 2 heterocycles. The fourth-order valence-electron chi connectivity index (χ4n) is 3.92. The second kappa shape index (κ2) is 6.06. The number of amides is 1. The zero-order valence-electron chi connectivity index (χ0n) is 14.3. The minimum atomic E-state index is 0.0318. The first-order valence-corrected chi connectivity index (χ1v) is 8.70. The topological polar surface area (TPSA) is 50.2 Å². The van der Waals surface area contributed by atoms with Crippen LogP contribution < -0.4 is 5.32 Å². The molecule has 1 saturated carbocycles. The van der Waals surface area contributed by atoms with Gasteiger partial charge >= 0.3 is 0 Å². The van der Waals surface area contributed by atoms with Crippen LogP contribution in [0.2, 0.25) is 0 Å². The highest BCUT2D eigenvalue weighted by atomic mass is 16.2. The lowest BCUT2D eigenvalue weighted by molar-refractivity contribution is -0.136. The van der Waals surface area contributed by atoms with E-state index in [1.807, 2.05) is 22.7 Å². The van der Waals surface area contributed by atoms with E-state index in [4.69, 9.17) is 0 Å². The van der Waals surface area contributed by atoms with Crippen molar-refractivity contribution < 1.29 is 4.79 Å². The average molecular weight is 324 g/mol. The van der Waals surface area contributed by atoms with Gasteiger partial charge in [-0.25, -0.2) is 4.98 Å². The standard InChI is InChI=1S/C19H24N4O/c1-13-5-3-4-6-14(13)15-11-16(15)19(24)23-10-7-20-12-17(23)18-21-8-9-22(18)2/h3-6,8-9,15-17,20H,7,10-12H2,1-2H3. The second-order valence-electron chi connectivity index (χ2n) is 6.95. The van der Waals surface area contributed by atoms with Crippen molar-refractivity contribution in [3.8, 4) is 0 Å². The Hall–Kier alpha value is -2.14. The van der Waals surface area contributed by atoms with Crippen LogP contribution in [0, 0.1) is 12.8 Å². The molecule has 0 spiro atoms. The van der Waals surface area contributed by atoms with Crippen LogP contribution in [-0.4, -0.2) is 40.0 Å². The third-order valence-corrected chi connectivity index (χ3v) is 5.38. The predicted octanol–water partition coefficient (Wildman–Crippen LogP) is 2.01. The molecule has 2 aromatic rings. The molecule has 0 bridgehead atoms. The van der Waals surface area contributed by atoms with Crippen molar-refractivity contribution in [3.63, 3.8) is 0 Å². The van der Waals surface area contributed by atoms with Gasteiger partial charge in [0.25, 0.3) is 0 Å². The maximum Gasteiger partial charge on any atom is 0.227 e. The molecule has 1 amide bonds. The first-order chi connectivity index (χ1) is 11.7. The zero-order valence-corrected chi connectivity index (χ0v) is 14.3. The minimum absolute atomic E-state index is 0.0318. The molecule has 3 atom stereocenters. The van der Waals surface area contributed by atoms with Crippen molar-refractivity contribution in [1.29, 1.82) is 0 Å². The van der Waals surface area contributed by atoms with Crippen LogP contribution in [0.5, 0.6) is 0 Å².